The highest BCUT2D eigenvalue weighted by Crippen LogP contribution is 2.10. The number of nitrogens with zero attached hydrogens (tertiary/aromatic N) is 3. The number of hydrogen-bond acceptors (Lipinski definition) is 5. The van der Waals surface area contributed by atoms with Crippen molar-refractivity contribution in [1.29, 1.82) is 0 Å². The van der Waals surface area contributed by atoms with Crippen molar-refractivity contribution in [3.8, 4) is 0 Å². The molecule has 3 N–H and O–H groups in total. The van der Waals surface area contributed by atoms with Gasteiger partial charge in [0, 0.05) is 38.9 Å². The first-order valence-electron chi connectivity index (χ1n) is 9.70. The van der Waals surface area contributed by atoms with E-state index in [4.69, 9.17) is 0 Å². The molecule has 0 unspecified atom stereocenters. The molecule has 9 heteroatoms. The van der Waals surface area contributed by atoms with Crippen LogP contribution in [-0.4, -0.2) is 38.7 Å². The first-order valence-corrected chi connectivity index (χ1v) is 9.70. The largest absolute Gasteiger partial charge is 0.356 e. The van der Waals surface area contributed by atoms with Gasteiger partial charge in [0.2, 0.25) is 5.91 Å². The average Bonchev–Trinajstić information content (AvgIpc) is 2.95. The van der Waals surface area contributed by atoms with Crippen molar-refractivity contribution >= 4 is 29.2 Å². The second-order valence-corrected chi connectivity index (χ2v) is 7.01. The number of aryl methyl sites for hydroxylation is 2. The molecule has 0 bridgehead atoms. The predicted molar refractivity (Wildman–Crippen MR) is 113 cm³/mol. The Morgan fingerprint density at radius 2 is 2.10 bits per heavy atom. The van der Waals surface area contributed by atoms with E-state index >= 15 is 0 Å². The van der Waals surface area contributed by atoms with Gasteiger partial charge >= 0.3 is 0 Å². The Morgan fingerprint density at radius 1 is 1.24 bits per heavy atom. The smallest absolute Gasteiger partial charge is 0.258 e. The molecule has 4 rings (SSSR count). The number of para-hydroxylation sites is 1. The molecule has 2 aromatic heterocycles. The van der Waals surface area contributed by atoms with Gasteiger partial charge in [-0.25, -0.2) is 4.98 Å². The van der Waals surface area contributed by atoms with Gasteiger partial charge in [0.05, 0.1) is 22.3 Å². The SMILES string of the molecule is Cl.O=C(CCc1cc2n(n1)CCCNC2)NCCc1nc2ccccc2c(=O)[nH]1. The molecule has 29 heavy (non-hydrogen) atoms. The number of benzene rings is 1. The Morgan fingerprint density at radius 3 is 3.00 bits per heavy atom. The minimum absolute atomic E-state index is 0. The second kappa shape index (κ2) is 9.67. The lowest BCUT2D eigenvalue weighted by Gasteiger charge is -2.05. The summed E-state index contributed by atoms with van der Waals surface area (Å²) in [6.07, 6.45) is 2.57. The van der Waals surface area contributed by atoms with Gasteiger partial charge in [-0.05, 0) is 31.2 Å². The van der Waals surface area contributed by atoms with Crippen molar-refractivity contribution < 1.29 is 4.79 Å². The Bertz CT molecular complexity index is 1020. The van der Waals surface area contributed by atoms with Gasteiger partial charge < -0.3 is 15.6 Å². The summed E-state index contributed by atoms with van der Waals surface area (Å²) in [5, 5.41) is 11.4. The summed E-state index contributed by atoms with van der Waals surface area (Å²) in [6, 6.07) is 9.31. The third-order valence-electron chi connectivity index (χ3n) is 4.90. The van der Waals surface area contributed by atoms with Crippen LogP contribution in [-0.2, 0) is 30.7 Å². The van der Waals surface area contributed by atoms with Gasteiger partial charge in [-0.1, -0.05) is 12.1 Å². The molecule has 0 fully saturated rings. The van der Waals surface area contributed by atoms with Gasteiger partial charge in [0.1, 0.15) is 5.82 Å². The minimum atomic E-state index is -0.152. The van der Waals surface area contributed by atoms with Crippen molar-refractivity contribution in [3.63, 3.8) is 0 Å². The number of rotatable bonds is 6. The van der Waals surface area contributed by atoms with Crippen LogP contribution in [0.5, 0.6) is 0 Å². The number of aromatic amines is 1. The van der Waals surface area contributed by atoms with Crippen LogP contribution in [0.1, 0.15) is 30.1 Å². The number of carbonyl (C=O) groups excluding carboxylic acids is 1. The summed E-state index contributed by atoms with van der Waals surface area (Å²) in [5.41, 5.74) is 2.65. The Balaban J connectivity index is 0.00000240. The molecule has 0 spiro atoms. The lowest BCUT2D eigenvalue weighted by Crippen LogP contribution is -2.27. The molecule has 3 heterocycles. The third-order valence-corrected chi connectivity index (χ3v) is 4.90. The van der Waals surface area contributed by atoms with E-state index in [2.05, 4.69) is 31.8 Å². The van der Waals surface area contributed by atoms with Gasteiger partial charge in [-0.15, -0.1) is 12.4 Å². The molecule has 8 nitrogen and oxygen atoms in total. The molecular formula is C20H25ClN6O2. The fourth-order valence-electron chi connectivity index (χ4n) is 3.45. The lowest BCUT2D eigenvalue weighted by atomic mass is 10.2. The Kier molecular flexibility index (Phi) is 7.00. The Hall–Kier alpha value is -2.71. The van der Waals surface area contributed by atoms with Crippen molar-refractivity contribution in [3.05, 3.63) is 57.9 Å². The number of fused-ring (bicyclic) bond motifs is 2. The van der Waals surface area contributed by atoms with Crippen molar-refractivity contribution in [1.82, 2.24) is 30.4 Å². The van der Waals surface area contributed by atoms with E-state index in [-0.39, 0.29) is 23.9 Å². The molecule has 3 aromatic rings. The molecule has 0 aliphatic carbocycles. The van der Waals surface area contributed by atoms with Crippen molar-refractivity contribution in [2.75, 3.05) is 13.1 Å². The topological polar surface area (TPSA) is 105 Å². The van der Waals surface area contributed by atoms with Crippen molar-refractivity contribution in [2.45, 2.75) is 38.8 Å². The number of nitrogens with one attached hydrogen (secondary N) is 3. The molecule has 154 valence electrons. The van der Waals surface area contributed by atoms with Crippen LogP contribution in [0.3, 0.4) is 0 Å². The van der Waals surface area contributed by atoms with Gasteiger partial charge in [-0.2, -0.15) is 5.10 Å². The predicted octanol–water partition coefficient (Wildman–Crippen LogP) is 1.33. The van der Waals surface area contributed by atoms with Gasteiger partial charge in [-0.3, -0.25) is 14.3 Å². The van der Waals surface area contributed by atoms with E-state index in [0.29, 0.717) is 42.5 Å². The van der Waals surface area contributed by atoms with E-state index in [1.54, 1.807) is 6.07 Å². The third kappa shape index (κ3) is 5.21. The highest BCUT2D eigenvalue weighted by molar-refractivity contribution is 5.85. The summed E-state index contributed by atoms with van der Waals surface area (Å²) in [6.45, 7) is 3.20. The average molecular weight is 417 g/mol. The van der Waals surface area contributed by atoms with Crippen molar-refractivity contribution in [2.24, 2.45) is 0 Å². The van der Waals surface area contributed by atoms with Crippen LogP contribution in [0.15, 0.2) is 35.1 Å². The molecule has 1 aromatic carbocycles. The Labute approximate surface area is 174 Å². The minimum Gasteiger partial charge on any atom is -0.356 e. The zero-order valence-electron chi connectivity index (χ0n) is 16.1. The highest BCUT2D eigenvalue weighted by atomic mass is 35.5. The zero-order valence-corrected chi connectivity index (χ0v) is 16.9. The fourth-order valence-corrected chi connectivity index (χ4v) is 3.45. The molecule has 1 amide bonds. The number of hydrogen-bond donors (Lipinski definition) is 3. The molecule has 0 saturated carbocycles. The molecule has 1 aliphatic heterocycles. The lowest BCUT2D eigenvalue weighted by molar-refractivity contribution is -0.121. The summed E-state index contributed by atoms with van der Waals surface area (Å²) in [5.74, 6) is 0.554. The van der Waals surface area contributed by atoms with Crippen LogP contribution in [0, 0.1) is 0 Å². The fraction of sp³-hybridized carbons (Fsp3) is 0.400. The second-order valence-electron chi connectivity index (χ2n) is 7.01. The number of carbonyl (C=O) groups is 1. The van der Waals surface area contributed by atoms with Gasteiger partial charge in [0.25, 0.3) is 5.56 Å². The van der Waals surface area contributed by atoms with E-state index < -0.39 is 0 Å². The van der Waals surface area contributed by atoms with Crippen LogP contribution in [0.25, 0.3) is 10.9 Å². The summed E-state index contributed by atoms with van der Waals surface area (Å²) >= 11 is 0. The van der Waals surface area contributed by atoms with Crippen LogP contribution in [0.2, 0.25) is 0 Å². The first-order chi connectivity index (χ1) is 13.7. The summed E-state index contributed by atoms with van der Waals surface area (Å²) < 4.78 is 2.04. The van der Waals surface area contributed by atoms with E-state index in [0.717, 1.165) is 31.7 Å². The highest BCUT2D eigenvalue weighted by Gasteiger charge is 2.12. The quantitative estimate of drug-likeness (QED) is 0.562. The molecule has 1 aliphatic rings. The standard InChI is InChI=1S/C20H24N6O2.ClH/c27-19(7-6-14-12-15-13-21-9-3-11-26(15)25-14)22-10-8-18-23-17-5-2-1-4-16(17)20(28)24-18;/h1-2,4-5,12,21H,3,6-11,13H2,(H,22,27)(H,23,24,28);1H. The molecular weight excluding hydrogens is 392 g/mol. The summed E-state index contributed by atoms with van der Waals surface area (Å²) in [4.78, 5) is 31.4. The number of aromatic nitrogens is 4. The molecule has 0 radical (unpaired) electrons. The van der Waals surface area contributed by atoms with E-state index in [1.165, 1.54) is 5.69 Å². The summed E-state index contributed by atoms with van der Waals surface area (Å²) in [7, 11) is 0. The maximum Gasteiger partial charge on any atom is 0.258 e. The number of amides is 1. The number of H-pyrrole nitrogens is 1. The van der Waals surface area contributed by atoms with Crippen LogP contribution < -0.4 is 16.2 Å². The van der Waals surface area contributed by atoms with Gasteiger partial charge in [0.15, 0.2) is 0 Å². The molecule has 0 atom stereocenters. The van der Waals surface area contributed by atoms with Crippen LogP contribution in [0.4, 0.5) is 0 Å². The van der Waals surface area contributed by atoms with E-state index in [1.807, 2.05) is 22.9 Å². The normalized spacial score (nSPS) is 13.4. The maximum atomic E-state index is 12.1. The maximum absolute atomic E-state index is 12.1. The first kappa shape index (κ1) is 21.0. The zero-order chi connectivity index (χ0) is 19.3. The monoisotopic (exact) mass is 416 g/mol. The number of halogens is 1. The van der Waals surface area contributed by atoms with E-state index in [9.17, 15) is 9.59 Å². The molecule has 0 saturated heterocycles. The van der Waals surface area contributed by atoms with Crippen LogP contribution >= 0.6 is 12.4 Å².